The maximum Gasteiger partial charge on any atom is 0.265 e. The monoisotopic (exact) mass is 275 g/mol. The minimum Gasteiger partial charge on any atom is -0.345 e. The Morgan fingerprint density at radius 3 is 2.68 bits per heavy atom. The number of nitrogens with one attached hydrogen (secondary N) is 1. The van der Waals surface area contributed by atoms with Crippen molar-refractivity contribution in [1.82, 2.24) is 14.9 Å². The molecule has 0 fully saturated rings. The number of aromatic nitrogens is 2. The van der Waals surface area contributed by atoms with Gasteiger partial charge in [-0.05, 0) is 37.4 Å². The average molecular weight is 275 g/mol. The van der Waals surface area contributed by atoms with Crippen molar-refractivity contribution in [3.63, 3.8) is 0 Å². The van der Waals surface area contributed by atoms with Gasteiger partial charge in [0.2, 0.25) is 0 Å². The summed E-state index contributed by atoms with van der Waals surface area (Å²) in [6.07, 6.45) is 0.720. The zero-order valence-electron chi connectivity index (χ0n) is 11.3. The first-order valence-corrected chi connectivity index (χ1v) is 7.07. The van der Waals surface area contributed by atoms with E-state index in [0.717, 1.165) is 29.2 Å². The van der Waals surface area contributed by atoms with E-state index in [4.69, 9.17) is 0 Å². The lowest BCUT2D eigenvalue weighted by Crippen LogP contribution is -2.26. The number of carbonyl (C=O) groups is 1. The lowest BCUT2D eigenvalue weighted by molar-refractivity contribution is 0.0943. The van der Waals surface area contributed by atoms with Gasteiger partial charge in [-0.3, -0.25) is 4.79 Å². The molecule has 19 heavy (non-hydrogen) atoms. The van der Waals surface area contributed by atoms with E-state index in [-0.39, 0.29) is 11.9 Å². The van der Waals surface area contributed by atoms with Gasteiger partial charge < -0.3 is 5.32 Å². The summed E-state index contributed by atoms with van der Waals surface area (Å²) < 4.78 is 3.84. The highest BCUT2D eigenvalue weighted by atomic mass is 32.1. The molecule has 0 saturated carbocycles. The van der Waals surface area contributed by atoms with Gasteiger partial charge in [0.25, 0.3) is 5.91 Å². The molecule has 0 radical (unpaired) electrons. The van der Waals surface area contributed by atoms with Gasteiger partial charge in [0.05, 0.1) is 11.7 Å². The summed E-state index contributed by atoms with van der Waals surface area (Å²) in [5.74, 6) is -0.0973. The topological polar surface area (TPSA) is 54.9 Å². The van der Waals surface area contributed by atoms with Gasteiger partial charge in [-0.1, -0.05) is 41.2 Å². The number of hydrogen-bond acceptors (Lipinski definition) is 4. The molecule has 1 amide bonds. The van der Waals surface area contributed by atoms with Gasteiger partial charge in [-0.25, -0.2) is 0 Å². The fraction of sp³-hybridized carbons (Fsp3) is 0.357. The molecule has 0 saturated heterocycles. The Morgan fingerprint density at radius 1 is 1.37 bits per heavy atom. The van der Waals surface area contributed by atoms with E-state index in [9.17, 15) is 4.79 Å². The molecule has 100 valence electrons. The number of rotatable bonds is 4. The molecule has 1 N–H and O–H groups in total. The largest absolute Gasteiger partial charge is 0.345 e. The van der Waals surface area contributed by atoms with Crippen molar-refractivity contribution in [3.8, 4) is 0 Å². The van der Waals surface area contributed by atoms with Gasteiger partial charge in [-0.2, -0.15) is 0 Å². The molecule has 0 aliphatic rings. The molecule has 0 spiro atoms. The van der Waals surface area contributed by atoms with Crippen LogP contribution in [0.1, 0.15) is 46.4 Å². The second kappa shape index (κ2) is 5.93. The molecule has 1 aromatic heterocycles. The van der Waals surface area contributed by atoms with Gasteiger partial charge in [0.15, 0.2) is 0 Å². The summed E-state index contributed by atoms with van der Waals surface area (Å²) in [7, 11) is 0. The Kier molecular flexibility index (Phi) is 4.27. The summed E-state index contributed by atoms with van der Waals surface area (Å²) in [5.41, 5.74) is 3.07. The minimum absolute atomic E-state index is 0.0279. The smallest absolute Gasteiger partial charge is 0.265 e. The number of aryl methyl sites for hydroxylation is 2. The third-order valence-electron chi connectivity index (χ3n) is 3.02. The van der Waals surface area contributed by atoms with Crippen LogP contribution in [0.2, 0.25) is 0 Å². The fourth-order valence-corrected chi connectivity index (χ4v) is 2.47. The van der Waals surface area contributed by atoms with Crippen LogP contribution < -0.4 is 5.32 Å². The Hall–Kier alpha value is -1.75. The summed E-state index contributed by atoms with van der Waals surface area (Å²) in [5, 5.41) is 6.94. The van der Waals surface area contributed by atoms with E-state index >= 15 is 0 Å². The molecule has 1 unspecified atom stereocenters. The predicted octanol–water partition coefficient (Wildman–Crippen LogP) is 2.90. The van der Waals surface area contributed by atoms with Gasteiger partial charge >= 0.3 is 0 Å². The van der Waals surface area contributed by atoms with Crippen LogP contribution >= 0.6 is 11.5 Å². The Labute approximate surface area is 117 Å². The number of nitrogens with zero attached hydrogens (tertiary/aromatic N) is 2. The van der Waals surface area contributed by atoms with Crippen LogP contribution in [-0.2, 0) is 6.42 Å². The maximum absolute atomic E-state index is 12.2. The second-order valence-corrected chi connectivity index (χ2v) is 5.26. The first kappa shape index (κ1) is 13.7. The average Bonchev–Trinajstić information content (AvgIpc) is 2.87. The van der Waals surface area contributed by atoms with Crippen molar-refractivity contribution >= 4 is 17.4 Å². The zero-order valence-corrected chi connectivity index (χ0v) is 12.1. The minimum atomic E-state index is -0.0973. The molecule has 2 rings (SSSR count). The van der Waals surface area contributed by atoms with Gasteiger partial charge in [0.1, 0.15) is 4.88 Å². The third-order valence-corrected chi connectivity index (χ3v) is 3.79. The van der Waals surface area contributed by atoms with Crippen molar-refractivity contribution < 1.29 is 4.79 Å². The van der Waals surface area contributed by atoms with Gasteiger partial charge in [0, 0.05) is 0 Å². The van der Waals surface area contributed by atoms with Crippen molar-refractivity contribution in [2.75, 3.05) is 0 Å². The van der Waals surface area contributed by atoms with Crippen LogP contribution in [0.25, 0.3) is 0 Å². The summed E-state index contributed by atoms with van der Waals surface area (Å²) >= 11 is 1.15. The van der Waals surface area contributed by atoms with E-state index in [2.05, 4.69) is 14.9 Å². The molecule has 4 nitrogen and oxygen atoms in total. The zero-order chi connectivity index (χ0) is 13.8. The summed E-state index contributed by atoms with van der Waals surface area (Å²) in [4.78, 5) is 12.8. The van der Waals surface area contributed by atoms with E-state index in [1.807, 2.05) is 45.0 Å². The first-order valence-electron chi connectivity index (χ1n) is 6.30. The highest BCUT2D eigenvalue weighted by Gasteiger charge is 2.17. The summed E-state index contributed by atoms with van der Waals surface area (Å²) in [6.45, 7) is 5.99. The van der Waals surface area contributed by atoms with Crippen molar-refractivity contribution in [1.29, 1.82) is 0 Å². The molecule has 2 aromatic rings. The number of hydrogen-bond donors (Lipinski definition) is 1. The Morgan fingerprint density at radius 2 is 2.05 bits per heavy atom. The van der Waals surface area contributed by atoms with Crippen molar-refractivity contribution in [3.05, 3.63) is 46.0 Å². The molecule has 1 heterocycles. The molecule has 0 aliphatic carbocycles. The summed E-state index contributed by atoms with van der Waals surface area (Å²) in [6, 6.07) is 8.13. The first-order chi connectivity index (χ1) is 9.11. The SMILES string of the molecule is CCc1nnsc1C(=O)NC(C)c1ccc(C)cc1. The highest BCUT2D eigenvalue weighted by molar-refractivity contribution is 7.08. The fourth-order valence-electron chi connectivity index (χ4n) is 1.81. The third kappa shape index (κ3) is 3.17. The molecule has 1 atom stereocenters. The maximum atomic E-state index is 12.2. The van der Waals surface area contributed by atoms with E-state index in [0.29, 0.717) is 4.88 Å². The highest BCUT2D eigenvalue weighted by Crippen LogP contribution is 2.16. The predicted molar refractivity (Wildman–Crippen MR) is 76.3 cm³/mol. The van der Waals surface area contributed by atoms with E-state index in [1.54, 1.807) is 0 Å². The number of amides is 1. The van der Waals surface area contributed by atoms with E-state index in [1.165, 1.54) is 5.56 Å². The quantitative estimate of drug-likeness (QED) is 0.933. The Balaban J connectivity index is 2.08. The normalized spacial score (nSPS) is 12.2. The van der Waals surface area contributed by atoms with E-state index < -0.39 is 0 Å². The van der Waals surface area contributed by atoms with Crippen molar-refractivity contribution in [2.45, 2.75) is 33.2 Å². The number of benzene rings is 1. The molecule has 0 bridgehead atoms. The van der Waals surface area contributed by atoms with Crippen LogP contribution in [0.15, 0.2) is 24.3 Å². The van der Waals surface area contributed by atoms with Crippen LogP contribution in [0.5, 0.6) is 0 Å². The number of carbonyl (C=O) groups excluding carboxylic acids is 1. The molecule has 5 heteroatoms. The van der Waals surface area contributed by atoms with Gasteiger partial charge in [-0.15, -0.1) is 5.10 Å². The Bertz CT molecular complexity index is 562. The second-order valence-electron chi connectivity index (χ2n) is 4.51. The lowest BCUT2D eigenvalue weighted by atomic mass is 10.1. The lowest BCUT2D eigenvalue weighted by Gasteiger charge is -2.14. The van der Waals surface area contributed by atoms with Crippen molar-refractivity contribution in [2.24, 2.45) is 0 Å². The molecular formula is C14H17N3OS. The van der Waals surface area contributed by atoms with Crippen LogP contribution in [0, 0.1) is 6.92 Å². The molecule has 0 aliphatic heterocycles. The van der Waals surface area contributed by atoms with Crippen LogP contribution in [-0.4, -0.2) is 15.5 Å². The van der Waals surface area contributed by atoms with Crippen LogP contribution in [0.3, 0.4) is 0 Å². The molecular weight excluding hydrogens is 258 g/mol. The molecule has 1 aromatic carbocycles. The standard InChI is InChI=1S/C14H17N3OS/c1-4-12-13(19-17-16-12)14(18)15-10(3)11-7-5-9(2)6-8-11/h5-8,10H,4H2,1-3H3,(H,15,18). The van der Waals surface area contributed by atoms with Crippen LogP contribution in [0.4, 0.5) is 0 Å².